The van der Waals surface area contributed by atoms with Crippen molar-refractivity contribution in [3.63, 3.8) is 0 Å². The number of urea groups is 1. The van der Waals surface area contributed by atoms with Gasteiger partial charge < -0.3 is 23.7 Å². The molecule has 3 heterocycles. The van der Waals surface area contributed by atoms with Crippen molar-refractivity contribution in [2.24, 2.45) is 0 Å². The summed E-state index contributed by atoms with van der Waals surface area (Å²) in [6.07, 6.45) is 0. The molecule has 2 aromatic heterocycles. The maximum absolute atomic E-state index is 13.8. The van der Waals surface area contributed by atoms with Crippen LogP contribution < -0.4 is 19.7 Å². The molecule has 9 nitrogen and oxygen atoms in total. The fourth-order valence-electron chi connectivity index (χ4n) is 3.24. The summed E-state index contributed by atoms with van der Waals surface area (Å²) in [6, 6.07) is 5.71. The lowest BCUT2D eigenvalue weighted by Gasteiger charge is -2.36. The van der Waals surface area contributed by atoms with E-state index < -0.39 is 0 Å². The number of piperazine rings is 1. The number of carbonyl (C=O) groups excluding carboxylic acids is 1. The number of rotatable bonds is 4. The number of methoxy groups -OCH3 is 2. The van der Waals surface area contributed by atoms with Gasteiger partial charge in [0.2, 0.25) is 5.71 Å². The SMILES string of the molecule is COc1cc(F)cc(N2CCN(C(=O)Nc3nc4cc(Cl)oc4nc3OC)CC2)c1. The third-order valence-corrected chi connectivity index (χ3v) is 4.93. The first-order valence-corrected chi connectivity index (χ1v) is 9.51. The number of nitrogens with one attached hydrogen (secondary N) is 1. The zero-order valence-electron chi connectivity index (χ0n) is 16.3. The van der Waals surface area contributed by atoms with Gasteiger partial charge >= 0.3 is 6.03 Å². The van der Waals surface area contributed by atoms with Crippen LogP contribution in [0.25, 0.3) is 11.2 Å². The van der Waals surface area contributed by atoms with Gasteiger partial charge in [-0.25, -0.2) is 14.2 Å². The Morgan fingerprint density at radius 1 is 1.13 bits per heavy atom. The smallest absolute Gasteiger partial charge is 0.323 e. The quantitative estimate of drug-likeness (QED) is 0.671. The van der Waals surface area contributed by atoms with Gasteiger partial charge in [-0.15, -0.1) is 0 Å². The van der Waals surface area contributed by atoms with Gasteiger partial charge in [0.05, 0.1) is 14.2 Å². The first-order chi connectivity index (χ1) is 14.5. The molecule has 0 unspecified atom stereocenters. The molecule has 3 aromatic rings. The van der Waals surface area contributed by atoms with Crippen molar-refractivity contribution in [1.29, 1.82) is 0 Å². The van der Waals surface area contributed by atoms with E-state index in [1.807, 2.05) is 4.90 Å². The second kappa shape index (κ2) is 8.23. The Balaban J connectivity index is 1.44. The van der Waals surface area contributed by atoms with Crippen molar-refractivity contribution >= 4 is 40.4 Å². The topological polar surface area (TPSA) is 93.0 Å². The molecule has 0 atom stereocenters. The monoisotopic (exact) mass is 435 g/mol. The summed E-state index contributed by atoms with van der Waals surface area (Å²) >= 11 is 5.83. The molecule has 158 valence electrons. The van der Waals surface area contributed by atoms with E-state index in [1.54, 1.807) is 11.0 Å². The summed E-state index contributed by atoms with van der Waals surface area (Å²) in [5.74, 6) is 0.368. The first kappa shape index (κ1) is 20.0. The number of nitrogens with zero attached hydrogens (tertiary/aromatic N) is 4. The number of hydrogen-bond donors (Lipinski definition) is 1. The van der Waals surface area contributed by atoms with Gasteiger partial charge in [-0.2, -0.15) is 4.98 Å². The van der Waals surface area contributed by atoms with Crippen molar-refractivity contribution in [2.45, 2.75) is 0 Å². The molecular weight excluding hydrogens is 417 g/mol. The van der Waals surface area contributed by atoms with Gasteiger partial charge in [-0.3, -0.25) is 5.32 Å². The number of amides is 2. The molecule has 1 aliphatic heterocycles. The molecule has 1 saturated heterocycles. The highest BCUT2D eigenvalue weighted by Crippen LogP contribution is 2.28. The van der Waals surface area contributed by atoms with Gasteiger partial charge in [-0.1, -0.05) is 0 Å². The van der Waals surface area contributed by atoms with Crippen LogP contribution in [-0.4, -0.2) is 61.3 Å². The Labute approximate surface area is 176 Å². The lowest BCUT2D eigenvalue weighted by molar-refractivity contribution is 0.208. The molecule has 11 heteroatoms. The Kier molecular flexibility index (Phi) is 5.49. The highest BCUT2D eigenvalue weighted by molar-refractivity contribution is 6.29. The minimum absolute atomic E-state index is 0.118. The molecule has 1 aromatic carbocycles. The van der Waals surface area contributed by atoms with Crippen LogP contribution in [0.1, 0.15) is 0 Å². The van der Waals surface area contributed by atoms with Crippen LogP contribution in [-0.2, 0) is 0 Å². The lowest BCUT2D eigenvalue weighted by Crippen LogP contribution is -2.50. The molecule has 0 radical (unpaired) electrons. The van der Waals surface area contributed by atoms with Crippen molar-refractivity contribution in [3.05, 3.63) is 35.3 Å². The number of carbonyl (C=O) groups is 1. The summed E-state index contributed by atoms with van der Waals surface area (Å²) in [5.41, 5.74) is 1.33. The zero-order valence-corrected chi connectivity index (χ0v) is 17.1. The van der Waals surface area contributed by atoms with Crippen LogP contribution in [0.15, 0.2) is 28.7 Å². The molecule has 1 fully saturated rings. The number of fused-ring (bicyclic) bond motifs is 1. The average molecular weight is 436 g/mol. The van der Waals surface area contributed by atoms with E-state index in [0.717, 1.165) is 0 Å². The van der Waals surface area contributed by atoms with Gasteiger partial charge in [0, 0.05) is 50.1 Å². The first-order valence-electron chi connectivity index (χ1n) is 9.13. The molecule has 2 amide bonds. The molecule has 1 N–H and O–H groups in total. The summed E-state index contributed by atoms with van der Waals surface area (Å²) in [7, 11) is 2.91. The van der Waals surface area contributed by atoms with Gasteiger partial charge in [-0.05, 0) is 17.7 Å². The minimum Gasteiger partial charge on any atom is -0.497 e. The van der Waals surface area contributed by atoms with Crippen LogP contribution in [0.2, 0.25) is 5.22 Å². The summed E-state index contributed by atoms with van der Waals surface area (Å²) in [6.45, 7) is 1.97. The molecule has 0 bridgehead atoms. The van der Waals surface area contributed by atoms with E-state index in [2.05, 4.69) is 15.3 Å². The lowest BCUT2D eigenvalue weighted by atomic mass is 10.2. The number of furan rings is 1. The number of halogens is 2. The zero-order chi connectivity index (χ0) is 21.3. The van der Waals surface area contributed by atoms with Crippen LogP contribution in [0.3, 0.4) is 0 Å². The van der Waals surface area contributed by atoms with Crippen LogP contribution in [0.4, 0.5) is 20.7 Å². The van der Waals surface area contributed by atoms with E-state index in [4.69, 9.17) is 25.5 Å². The predicted molar refractivity (Wildman–Crippen MR) is 109 cm³/mol. The van der Waals surface area contributed by atoms with Crippen LogP contribution in [0, 0.1) is 5.82 Å². The van der Waals surface area contributed by atoms with E-state index in [9.17, 15) is 9.18 Å². The van der Waals surface area contributed by atoms with E-state index >= 15 is 0 Å². The van der Waals surface area contributed by atoms with Crippen LogP contribution in [0.5, 0.6) is 11.6 Å². The fourth-order valence-corrected chi connectivity index (χ4v) is 3.41. The van der Waals surface area contributed by atoms with E-state index in [1.165, 1.54) is 32.4 Å². The van der Waals surface area contributed by atoms with Crippen LogP contribution >= 0.6 is 11.6 Å². The highest BCUT2D eigenvalue weighted by Gasteiger charge is 2.24. The summed E-state index contributed by atoms with van der Waals surface area (Å²) < 4.78 is 29.3. The number of benzene rings is 1. The summed E-state index contributed by atoms with van der Waals surface area (Å²) in [4.78, 5) is 24.8. The average Bonchev–Trinajstić information content (AvgIpc) is 3.11. The van der Waals surface area contributed by atoms with Crippen molar-refractivity contribution < 1.29 is 23.1 Å². The standard InChI is InChI=1S/C19H19ClFN5O4/c1-28-13-8-11(21)7-12(9-13)25-3-5-26(6-4-25)19(27)23-16-18(29-2)24-17-14(22-16)10-15(20)30-17/h7-10H,3-6H2,1-2H3,(H,22,23,27). The van der Waals surface area contributed by atoms with E-state index in [0.29, 0.717) is 43.1 Å². The molecule has 0 saturated carbocycles. The maximum Gasteiger partial charge on any atom is 0.323 e. The molecular formula is C19H19ClFN5O4. The number of hydrogen-bond acceptors (Lipinski definition) is 7. The van der Waals surface area contributed by atoms with Gasteiger partial charge in [0.15, 0.2) is 11.0 Å². The molecule has 1 aliphatic rings. The van der Waals surface area contributed by atoms with Crippen molar-refractivity contribution in [2.75, 3.05) is 50.6 Å². The minimum atomic E-state index is -0.370. The van der Waals surface area contributed by atoms with Gasteiger partial charge in [0.25, 0.3) is 5.88 Å². The number of aromatic nitrogens is 2. The third kappa shape index (κ3) is 4.04. The Hall–Kier alpha value is -3.27. The molecule has 0 aliphatic carbocycles. The Morgan fingerprint density at radius 3 is 2.60 bits per heavy atom. The normalized spacial score (nSPS) is 14.1. The Morgan fingerprint density at radius 2 is 1.90 bits per heavy atom. The summed E-state index contributed by atoms with van der Waals surface area (Å²) in [5, 5.41) is 2.86. The third-order valence-electron chi connectivity index (χ3n) is 4.74. The maximum atomic E-state index is 13.8. The Bertz CT molecular complexity index is 1080. The molecule has 0 spiro atoms. The van der Waals surface area contributed by atoms with Crippen molar-refractivity contribution in [1.82, 2.24) is 14.9 Å². The number of ether oxygens (including phenoxy) is 2. The van der Waals surface area contributed by atoms with Crippen molar-refractivity contribution in [3.8, 4) is 11.6 Å². The largest absolute Gasteiger partial charge is 0.497 e. The highest BCUT2D eigenvalue weighted by atomic mass is 35.5. The van der Waals surface area contributed by atoms with Gasteiger partial charge in [0.1, 0.15) is 17.1 Å². The second-order valence-corrected chi connectivity index (χ2v) is 6.95. The molecule has 4 rings (SSSR count). The number of anilines is 2. The van der Waals surface area contributed by atoms with E-state index in [-0.39, 0.29) is 34.5 Å². The fraction of sp³-hybridized carbons (Fsp3) is 0.316. The second-order valence-electron chi connectivity index (χ2n) is 6.58. The molecule has 30 heavy (non-hydrogen) atoms. The predicted octanol–water partition coefficient (Wildman–Crippen LogP) is 3.39.